The van der Waals surface area contributed by atoms with Crippen molar-refractivity contribution in [2.75, 3.05) is 19.7 Å². The minimum atomic E-state index is -0.607. The van der Waals surface area contributed by atoms with Crippen LogP contribution in [0.3, 0.4) is 0 Å². The maximum absolute atomic E-state index is 14.6. The van der Waals surface area contributed by atoms with Gasteiger partial charge in [-0.05, 0) is 57.4 Å². The topological polar surface area (TPSA) is 21.3 Å². The van der Waals surface area contributed by atoms with Gasteiger partial charge in [0.15, 0.2) is 0 Å². The van der Waals surface area contributed by atoms with Gasteiger partial charge in [0.25, 0.3) is 0 Å². The second kappa shape index (κ2) is 4.85. The molecule has 0 bridgehead atoms. The summed E-state index contributed by atoms with van der Waals surface area (Å²) in [5, 5.41) is 3.33. The number of ether oxygens (including phenoxy) is 1. The first-order valence-corrected chi connectivity index (χ1v) is 7.28. The zero-order chi connectivity index (χ0) is 11.7. The Hall–Kier alpha value is -0.150. The van der Waals surface area contributed by atoms with Crippen LogP contribution < -0.4 is 5.32 Å². The Morgan fingerprint density at radius 2 is 2.06 bits per heavy atom. The van der Waals surface area contributed by atoms with Gasteiger partial charge in [-0.25, -0.2) is 4.39 Å². The molecule has 3 fully saturated rings. The number of nitrogens with one attached hydrogen (secondary N) is 1. The zero-order valence-corrected chi connectivity index (χ0v) is 10.6. The first-order chi connectivity index (χ1) is 8.29. The molecule has 98 valence electrons. The van der Waals surface area contributed by atoms with Crippen molar-refractivity contribution in [3.8, 4) is 0 Å². The molecule has 0 radical (unpaired) electrons. The summed E-state index contributed by atoms with van der Waals surface area (Å²) in [6.45, 7) is 2.73. The normalized spacial score (nSPS) is 38.6. The number of hydrogen-bond donors (Lipinski definition) is 1. The van der Waals surface area contributed by atoms with Crippen molar-refractivity contribution in [1.82, 2.24) is 5.32 Å². The van der Waals surface area contributed by atoms with Crippen LogP contribution >= 0.6 is 0 Å². The highest BCUT2D eigenvalue weighted by Gasteiger charge is 2.45. The summed E-state index contributed by atoms with van der Waals surface area (Å²) in [5.74, 6) is 0.512. The number of hydrogen-bond acceptors (Lipinski definition) is 2. The summed E-state index contributed by atoms with van der Waals surface area (Å²) in [6, 6.07) is 0. The highest BCUT2D eigenvalue weighted by molar-refractivity contribution is 4.96. The monoisotopic (exact) mass is 241 g/mol. The molecule has 3 heteroatoms. The number of rotatable bonds is 2. The van der Waals surface area contributed by atoms with Gasteiger partial charge in [0.2, 0.25) is 0 Å². The standard InChI is InChI=1S/C14H24FNO/c15-13(12-3-1-7-16-10-12)11-4-8-17-14(9-11)5-2-6-14/h11-13,16H,1-10H2. The summed E-state index contributed by atoms with van der Waals surface area (Å²) < 4.78 is 20.5. The third kappa shape index (κ3) is 2.37. The SMILES string of the molecule is FC(C1CCCNC1)C1CCOC2(CCC2)C1. The highest BCUT2D eigenvalue weighted by Crippen LogP contribution is 2.46. The lowest BCUT2D eigenvalue weighted by molar-refractivity contribution is -0.154. The van der Waals surface area contributed by atoms with E-state index >= 15 is 0 Å². The maximum atomic E-state index is 14.6. The average molecular weight is 241 g/mol. The third-order valence-corrected chi connectivity index (χ3v) is 5.03. The van der Waals surface area contributed by atoms with Crippen molar-refractivity contribution >= 4 is 0 Å². The first kappa shape index (κ1) is 11.9. The first-order valence-electron chi connectivity index (χ1n) is 7.28. The quantitative estimate of drug-likeness (QED) is 0.802. The molecule has 1 N–H and O–H groups in total. The smallest absolute Gasteiger partial charge is 0.107 e. The lowest BCUT2D eigenvalue weighted by atomic mass is 9.69. The lowest BCUT2D eigenvalue weighted by Crippen LogP contribution is -2.49. The molecule has 3 unspecified atom stereocenters. The Kier molecular flexibility index (Phi) is 3.40. The minimum Gasteiger partial charge on any atom is -0.375 e. The Balaban J connectivity index is 1.58. The molecular formula is C14H24FNO. The van der Waals surface area contributed by atoms with E-state index in [1.54, 1.807) is 0 Å². The van der Waals surface area contributed by atoms with E-state index in [9.17, 15) is 4.39 Å². The van der Waals surface area contributed by atoms with E-state index in [4.69, 9.17) is 4.74 Å². The molecule has 3 rings (SSSR count). The molecule has 17 heavy (non-hydrogen) atoms. The molecule has 2 heterocycles. The van der Waals surface area contributed by atoms with Crippen LogP contribution in [0.2, 0.25) is 0 Å². The fourth-order valence-electron chi connectivity index (χ4n) is 3.79. The van der Waals surface area contributed by atoms with Gasteiger partial charge in [-0.15, -0.1) is 0 Å². The van der Waals surface area contributed by atoms with Crippen molar-refractivity contribution in [1.29, 1.82) is 0 Å². The summed E-state index contributed by atoms with van der Waals surface area (Å²) in [6.07, 6.45) is 7.11. The zero-order valence-electron chi connectivity index (χ0n) is 10.6. The van der Waals surface area contributed by atoms with E-state index in [1.807, 2.05) is 0 Å². The molecule has 1 spiro atoms. The largest absolute Gasteiger partial charge is 0.375 e. The van der Waals surface area contributed by atoms with E-state index in [0.29, 0.717) is 0 Å². The van der Waals surface area contributed by atoms with Gasteiger partial charge in [-0.3, -0.25) is 0 Å². The molecule has 3 atom stereocenters. The van der Waals surface area contributed by atoms with Crippen LogP contribution in [0.15, 0.2) is 0 Å². The molecule has 3 aliphatic rings. The summed E-state index contributed by atoms with van der Waals surface area (Å²) in [4.78, 5) is 0. The molecule has 0 aromatic carbocycles. The van der Waals surface area contributed by atoms with Crippen molar-refractivity contribution in [2.45, 2.75) is 56.7 Å². The Morgan fingerprint density at radius 1 is 1.18 bits per heavy atom. The van der Waals surface area contributed by atoms with Crippen molar-refractivity contribution < 1.29 is 9.13 Å². The van der Waals surface area contributed by atoms with Crippen molar-refractivity contribution in [3.63, 3.8) is 0 Å². The predicted molar refractivity (Wildman–Crippen MR) is 65.7 cm³/mol. The maximum Gasteiger partial charge on any atom is 0.107 e. The van der Waals surface area contributed by atoms with E-state index < -0.39 is 6.17 Å². The van der Waals surface area contributed by atoms with Gasteiger partial charge >= 0.3 is 0 Å². The van der Waals surface area contributed by atoms with Crippen molar-refractivity contribution in [3.05, 3.63) is 0 Å². The van der Waals surface area contributed by atoms with Gasteiger partial charge in [-0.2, -0.15) is 0 Å². The second-order valence-electron chi connectivity index (χ2n) is 6.19. The van der Waals surface area contributed by atoms with E-state index in [0.717, 1.165) is 45.4 Å². The lowest BCUT2D eigenvalue weighted by Gasteiger charge is -2.48. The average Bonchev–Trinajstić information content (AvgIpc) is 2.37. The van der Waals surface area contributed by atoms with Crippen LogP contribution in [0, 0.1) is 11.8 Å². The molecule has 0 aromatic rings. The van der Waals surface area contributed by atoms with Gasteiger partial charge in [-0.1, -0.05) is 0 Å². The predicted octanol–water partition coefficient (Wildman–Crippen LogP) is 2.67. The molecule has 2 aliphatic heterocycles. The second-order valence-corrected chi connectivity index (χ2v) is 6.19. The van der Waals surface area contributed by atoms with Gasteiger partial charge in [0, 0.05) is 19.1 Å². The highest BCUT2D eigenvalue weighted by atomic mass is 19.1. The number of halogens is 1. The fourth-order valence-corrected chi connectivity index (χ4v) is 3.79. The van der Waals surface area contributed by atoms with Gasteiger partial charge < -0.3 is 10.1 Å². The Bertz CT molecular complexity index is 261. The molecule has 2 nitrogen and oxygen atoms in total. The fraction of sp³-hybridized carbons (Fsp3) is 1.00. The summed E-state index contributed by atoms with van der Waals surface area (Å²) >= 11 is 0. The summed E-state index contributed by atoms with van der Waals surface area (Å²) in [5.41, 5.74) is 0.0926. The molecule has 1 saturated carbocycles. The van der Waals surface area contributed by atoms with Crippen LogP contribution in [-0.2, 0) is 4.74 Å². The number of piperidine rings is 1. The summed E-state index contributed by atoms with van der Waals surface area (Å²) in [7, 11) is 0. The molecule has 0 aromatic heterocycles. The Morgan fingerprint density at radius 3 is 2.71 bits per heavy atom. The van der Waals surface area contributed by atoms with Crippen molar-refractivity contribution in [2.24, 2.45) is 11.8 Å². The van der Waals surface area contributed by atoms with Crippen LogP contribution in [0.25, 0.3) is 0 Å². The molecule has 1 aliphatic carbocycles. The third-order valence-electron chi connectivity index (χ3n) is 5.03. The molecule has 2 saturated heterocycles. The van der Waals surface area contributed by atoms with Crippen LogP contribution in [-0.4, -0.2) is 31.5 Å². The van der Waals surface area contributed by atoms with Gasteiger partial charge in [0.1, 0.15) is 6.17 Å². The molecule has 0 amide bonds. The van der Waals surface area contributed by atoms with Gasteiger partial charge in [0.05, 0.1) is 5.60 Å². The van der Waals surface area contributed by atoms with Crippen LogP contribution in [0.1, 0.15) is 44.9 Å². The van der Waals surface area contributed by atoms with E-state index in [-0.39, 0.29) is 17.4 Å². The Labute approximate surface area is 103 Å². The van der Waals surface area contributed by atoms with E-state index in [2.05, 4.69) is 5.32 Å². The minimum absolute atomic E-state index is 0.0926. The van der Waals surface area contributed by atoms with Crippen LogP contribution in [0.5, 0.6) is 0 Å². The number of alkyl halides is 1. The molecular weight excluding hydrogens is 217 g/mol. The van der Waals surface area contributed by atoms with Crippen LogP contribution in [0.4, 0.5) is 4.39 Å². The van der Waals surface area contributed by atoms with E-state index in [1.165, 1.54) is 19.3 Å².